The third-order valence-corrected chi connectivity index (χ3v) is 6.61. The van der Waals surface area contributed by atoms with Crippen molar-refractivity contribution in [2.45, 2.75) is 19.0 Å². The Labute approximate surface area is 219 Å². The van der Waals surface area contributed by atoms with Crippen LogP contribution in [0.25, 0.3) is 0 Å². The Morgan fingerprint density at radius 1 is 0.973 bits per heavy atom. The van der Waals surface area contributed by atoms with E-state index in [2.05, 4.69) is 17.1 Å². The molecule has 1 heterocycles. The molecule has 3 N–H and O–H groups in total. The fraction of sp³-hybridized carbons (Fsp3) is 0.310. The summed E-state index contributed by atoms with van der Waals surface area (Å²) < 4.78 is 0. The summed E-state index contributed by atoms with van der Waals surface area (Å²) >= 11 is 0. The first-order chi connectivity index (χ1) is 17.6. The van der Waals surface area contributed by atoms with E-state index in [1.165, 1.54) is 0 Å². The Morgan fingerprint density at radius 2 is 1.62 bits per heavy atom. The average Bonchev–Trinajstić information content (AvgIpc) is 3.09. The summed E-state index contributed by atoms with van der Waals surface area (Å²) in [5, 5.41) is 2.85. The number of rotatable bonds is 8. The number of carbonyl (C=O) groups is 2. The Hall–Kier alpha value is -4.04. The van der Waals surface area contributed by atoms with Gasteiger partial charge in [-0.15, -0.1) is 0 Å². The molecule has 1 saturated heterocycles. The van der Waals surface area contributed by atoms with Gasteiger partial charge in [-0.25, -0.2) is 4.79 Å². The van der Waals surface area contributed by atoms with E-state index in [1.54, 1.807) is 24.3 Å². The Morgan fingerprint density at radius 3 is 2.22 bits per heavy atom. The first-order valence-electron chi connectivity index (χ1n) is 12.3. The summed E-state index contributed by atoms with van der Waals surface area (Å²) in [7, 11) is 8.05. The molecule has 0 bridgehead atoms. The second kappa shape index (κ2) is 10.5. The number of urea groups is 1. The van der Waals surface area contributed by atoms with Crippen molar-refractivity contribution in [3.63, 3.8) is 0 Å². The zero-order valence-electron chi connectivity index (χ0n) is 22.2. The lowest BCUT2D eigenvalue weighted by Gasteiger charge is -2.35. The Kier molecular flexibility index (Phi) is 7.40. The highest BCUT2D eigenvalue weighted by Crippen LogP contribution is 2.34. The third-order valence-electron chi connectivity index (χ3n) is 6.61. The molecule has 3 aromatic rings. The van der Waals surface area contributed by atoms with E-state index in [0.29, 0.717) is 30.0 Å². The zero-order chi connectivity index (χ0) is 26.7. The van der Waals surface area contributed by atoms with Gasteiger partial charge in [0.05, 0.1) is 16.9 Å². The molecule has 1 aliphatic heterocycles. The summed E-state index contributed by atoms with van der Waals surface area (Å²) in [5.41, 5.74) is 10.1. The van der Waals surface area contributed by atoms with Gasteiger partial charge in [0, 0.05) is 50.7 Å². The predicted molar refractivity (Wildman–Crippen MR) is 151 cm³/mol. The average molecular weight is 501 g/mol. The monoisotopic (exact) mass is 500 g/mol. The van der Waals surface area contributed by atoms with Crippen LogP contribution in [0.15, 0.2) is 72.8 Å². The summed E-state index contributed by atoms with van der Waals surface area (Å²) in [4.78, 5) is 34.3. The van der Waals surface area contributed by atoms with Crippen LogP contribution in [0.3, 0.4) is 0 Å². The molecule has 8 heteroatoms. The van der Waals surface area contributed by atoms with Crippen molar-refractivity contribution in [2.24, 2.45) is 0 Å². The van der Waals surface area contributed by atoms with Crippen LogP contribution < -0.4 is 20.9 Å². The minimum absolute atomic E-state index is 0.0247. The number of hydrogen-bond acceptors (Lipinski definition) is 5. The van der Waals surface area contributed by atoms with E-state index in [-0.39, 0.29) is 11.9 Å². The maximum atomic E-state index is 13.7. The van der Waals surface area contributed by atoms with E-state index in [9.17, 15) is 9.59 Å². The van der Waals surface area contributed by atoms with Gasteiger partial charge in [-0.1, -0.05) is 24.3 Å². The molecule has 37 heavy (non-hydrogen) atoms. The molecule has 1 fully saturated rings. The molecule has 1 aliphatic rings. The summed E-state index contributed by atoms with van der Waals surface area (Å²) in [6.07, 6.45) is 0. The number of anilines is 4. The number of nitrogen functional groups attached to an aromatic ring is 1. The van der Waals surface area contributed by atoms with Crippen molar-refractivity contribution in [3.05, 3.63) is 83.9 Å². The lowest BCUT2D eigenvalue weighted by atomic mass is 10.00. The second-order valence-corrected chi connectivity index (χ2v) is 10.4. The predicted octanol–water partition coefficient (Wildman–Crippen LogP) is 4.35. The number of likely N-dealkylation sites (N-methyl/N-ethyl adjacent to an activating group) is 1. The summed E-state index contributed by atoms with van der Waals surface area (Å²) in [6, 6.07) is 22.6. The number of nitrogens with one attached hydrogen (secondary N) is 1. The van der Waals surface area contributed by atoms with Gasteiger partial charge < -0.3 is 25.8 Å². The van der Waals surface area contributed by atoms with Gasteiger partial charge >= 0.3 is 6.03 Å². The van der Waals surface area contributed by atoms with Crippen LogP contribution in [-0.4, -0.2) is 68.6 Å². The smallest absolute Gasteiger partial charge is 0.325 e. The number of para-hydroxylation sites is 2. The summed E-state index contributed by atoms with van der Waals surface area (Å²) in [6.45, 7) is 3.91. The molecule has 8 nitrogen and oxygen atoms in total. The lowest BCUT2D eigenvalue weighted by Crippen LogP contribution is -2.51. The van der Waals surface area contributed by atoms with Crippen LogP contribution in [0.1, 0.15) is 22.8 Å². The molecule has 4 rings (SSSR count). The molecule has 0 aliphatic carbocycles. The molecule has 3 aromatic carbocycles. The van der Waals surface area contributed by atoms with E-state index >= 15 is 0 Å². The van der Waals surface area contributed by atoms with Crippen LogP contribution >= 0.6 is 0 Å². The number of carbonyl (C=O) groups excluding carboxylic acids is 2. The Balaban J connectivity index is 1.51. The molecule has 0 aromatic heterocycles. The topological polar surface area (TPSA) is 85.1 Å². The minimum Gasteiger partial charge on any atom is -0.397 e. The SMILES string of the molecule is CN(C)CC1(C)CN(Cc2ccc(C(=O)Nc3ccccc3N)cc2)C(=O)N1c1ccc(N(C)C)cc1. The highest BCUT2D eigenvalue weighted by Gasteiger charge is 2.47. The first kappa shape index (κ1) is 26.0. The molecule has 1 unspecified atom stereocenters. The molecular formula is C29H36N6O2. The van der Waals surface area contributed by atoms with Crippen LogP contribution in [0.4, 0.5) is 27.5 Å². The second-order valence-electron chi connectivity index (χ2n) is 10.4. The van der Waals surface area contributed by atoms with E-state index < -0.39 is 5.54 Å². The number of nitrogens with two attached hydrogens (primary N) is 1. The van der Waals surface area contributed by atoms with Gasteiger partial charge in [0.1, 0.15) is 0 Å². The third kappa shape index (κ3) is 5.70. The molecule has 3 amide bonds. The van der Waals surface area contributed by atoms with Crippen molar-refractivity contribution in [1.82, 2.24) is 9.80 Å². The molecule has 194 valence electrons. The van der Waals surface area contributed by atoms with Crippen molar-refractivity contribution >= 4 is 34.7 Å². The number of amides is 3. The van der Waals surface area contributed by atoms with Crippen LogP contribution in [0.2, 0.25) is 0 Å². The quantitative estimate of drug-likeness (QED) is 0.449. The van der Waals surface area contributed by atoms with Crippen molar-refractivity contribution in [3.8, 4) is 0 Å². The molecule has 0 saturated carbocycles. The number of benzene rings is 3. The van der Waals surface area contributed by atoms with Gasteiger partial charge in [-0.05, 0) is 75.1 Å². The standard InChI is InChI=1S/C29H36N6O2/c1-29(19-32(2)3)20-34(28(37)35(29)24-16-14-23(15-17-24)33(4)5)18-21-10-12-22(13-11-21)27(36)31-26-9-7-6-8-25(26)30/h6-17H,18-20,30H2,1-5H3,(H,31,36). The maximum absolute atomic E-state index is 13.7. The first-order valence-corrected chi connectivity index (χ1v) is 12.3. The summed E-state index contributed by atoms with van der Waals surface area (Å²) in [5.74, 6) is -0.229. The molecule has 1 atom stereocenters. The largest absolute Gasteiger partial charge is 0.397 e. The fourth-order valence-corrected chi connectivity index (χ4v) is 4.96. The van der Waals surface area contributed by atoms with Gasteiger partial charge in [0.25, 0.3) is 5.91 Å². The Bertz CT molecular complexity index is 1260. The van der Waals surface area contributed by atoms with E-state index in [4.69, 9.17) is 5.73 Å². The lowest BCUT2D eigenvalue weighted by molar-refractivity contribution is 0.102. The van der Waals surface area contributed by atoms with Crippen LogP contribution in [0.5, 0.6) is 0 Å². The fourth-order valence-electron chi connectivity index (χ4n) is 4.96. The van der Waals surface area contributed by atoms with E-state index in [1.807, 2.05) is 91.4 Å². The van der Waals surface area contributed by atoms with Crippen LogP contribution in [0, 0.1) is 0 Å². The highest BCUT2D eigenvalue weighted by atomic mass is 16.2. The maximum Gasteiger partial charge on any atom is 0.325 e. The highest BCUT2D eigenvalue weighted by molar-refractivity contribution is 6.05. The van der Waals surface area contributed by atoms with Crippen molar-refractivity contribution < 1.29 is 9.59 Å². The van der Waals surface area contributed by atoms with Crippen molar-refractivity contribution in [2.75, 3.05) is 62.1 Å². The molecule has 0 radical (unpaired) electrons. The van der Waals surface area contributed by atoms with Crippen molar-refractivity contribution in [1.29, 1.82) is 0 Å². The van der Waals surface area contributed by atoms with Gasteiger partial charge in [-0.2, -0.15) is 0 Å². The van der Waals surface area contributed by atoms with Gasteiger partial charge in [-0.3, -0.25) is 9.69 Å². The number of nitrogens with zero attached hydrogens (tertiary/aromatic N) is 4. The zero-order valence-corrected chi connectivity index (χ0v) is 22.2. The van der Waals surface area contributed by atoms with Crippen LogP contribution in [-0.2, 0) is 6.54 Å². The van der Waals surface area contributed by atoms with E-state index in [0.717, 1.165) is 23.5 Å². The van der Waals surface area contributed by atoms with Gasteiger partial charge in [0.15, 0.2) is 0 Å². The molecular weight excluding hydrogens is 464 g/mol. The normalized spacial score (nSPS) is 17.4. The minimum atomic E-state index is -0.393. The number of hydrogen-bond donors (Lipinski definition) is 2. The van der Waals surface area contributed by atoms with Gasteiger partial charge in [0.2, 0.25) is 0 Å². The molecule has 0 spiro atoms.